The molecule has 5 heteroatoms. The summed E-state index contributed by atoms with van der Waals surface area (Å²) in [6, 6.07) is 6.67. The van der Waals surface area contributed by atoms with Gasteiger partial charge in [0, 0.05) is 16.8 Å². The van der Waals surface area contributed by atoms with Crippen LogP contribution in [0.4, 0.5) is 0 Å². The molecule has 0 saturated heterocycles. The molecule has 2 N–H and O–H groups in total. The molecule has 1 aromatic heterocycles. The summed E-state index contributed by atoms with van der Waals surface area (Å²) in [5, 5.41) is 9.67. The van der Waals surface area contributed by atoms with Gasteiger partial charge >= 0.3 is 5.97 Å². The largest absolute Gasteiger partial charge is 0.477 e. The fourth-order valence-corrected chi connectivity index (χ4v) is 2.07. The van der Waals surface area contributed by atoms with Gasteiger partial charge in [0.05, 0.1) is 0 Å². The van der Waals surface area contributed by atoms with Gasteiger partial charge in [-0.05, 0) is 36.2 Å². The van der Waals surface area contributed by atoms with Gasteiger partial charge < -0.3 is 10.1 Å². The number of aryl methyl sites for hydroxylation is 1. The van der Waals surface area contributed by atoms with Crippen LogP contribution in [-0.4, -0.2) is 16.1 Å². The van der Waals surface area contributed by atoms with Gasteiger partial charge in [0.25, 0.3) is 5.56 Å². The number of halogens is 1. The van der Waals surface area contributed by atoms with Crippen LogP contribution in [0.25, 0.3) is 11.1 Å². The first kappa shape index (κ1) is 12.4. The molecular formula is C13H10ClNO3. The van der Waals surface area contributed by atoms with Crippen LogP contribution in [-0.2, 0) is 0 Å². The van der Waals surface area contributed by atoms with Crippen LogP contribution < -0.4 is 5.56 Å². The Morgan fingerprint density at radius 1 is 1.28 bits per heavy atom. The highest BCUT2D eigenvalue weighted by Gasteiger charge is 2.17. The Bertz CT molecular complexity index is 676. The second-order valence-electron chi connectivity index (χ2n) is 3.86. The lowest BCUT2D eigenvalue weighted by Crippen LogP contribution is -2.18. The molecule has 0 saturated carbocycles. The van der Waals surface area contributed by atoms with Gasteiger partial charge in [-0.25, -0.2) is 4.79 Å². The number of aromatic carboxylic acids is 1. The molecule has 0 radical (unpaired) electrons. The summed E-state index contributed by atoms with van der Waals surface area (Å²) in [4.78, 5) is 25.1. The number of H-pyrrole nitrogens is 1. The summed E-state index contributed by atoms with van der Waals surface area (Å²) in [6.45, 7) is 1.81. The minimum absolute atomic E-state index is 0.261. The van der Waals surface area contributed by atoms with Crippen LogP contribution in [0.3, 0.4) is 0 Å². The van der Waals surface area contributed by atoms with E-state index in [0.29, 0.717) is 16.1 Å². The highest BCUT2D eigenvalue weighted by atomic mass is 35.5. The first-order chi connectivity index (χ1) is 8.50. The van der Waals surface area contributed by atoms with E-state index in [1.807, 2.05) is 6.92 Å². The van der Waals surface area contributed by atoms with Gasteiger partial charge in [0.1, 0.15) is 5.56 Å². The molecule has 0 atom stereocenters. The van der Waals surface area contributed by atoms with Crippen molar-refractivity contribution in [3.05, 3.63) is 57.0 Å². The zero-order chi connectivity index (χ0) is 13.3. The molecule has 2 aromatic rings. The lowest BCUT2D eigenvalue weighted by Gasteiger charge is -2.08. The van der Waals surface area contributed by atoms with Gasteiger partial charge in [-0.1, -0.05) is 17.7 Å². The molecule has 4 nitrogen and oxygen atoms in total. The maximum absolute atomic E-state index is 11.6. The molecule has 2 rings (SSSR count). The summed E-state index contributed by atoms with van der Waals surface area (Å²) in [6.07, 6.45) is 1.43. The van der Waals surface area contributed by atoms with E-state index in [0.717, 1.165) is 5.56 Å². The van der Waals surface area contributed by atoms with Crippen molar-refractivity contribution in [2.75, 3.05) is 0 Å². The summed E-state index contributed by atoms with van der Waals surface area (Å²) in [7, 11) is 0. The third-order valence-corrected chi connectivity index (χ3v) is 2.89. The number of carbonyl (C=O) groups is 1. The highest BCUT2D eigenvalue weighted by Crippen LogP contribution is 2.27. The third-order valence-electron chi connectivity index (χ3n) is 2.65. The van der Waals surface area contributed by atoms with Crippen molar-refractivity contribution in [1.82, 2.24) is 4.98 Å². The maximum atomic E-state index is 11.6. The second-order valence-corrected chi connectivity index (χ2v) is 4.30. The molecule has 0 fully saturated rings. The van der Waals surface area contributed by atoms with Crippen LogP contribution in [0.5, 0.6) is 0 Å². The van der Waals surface area contributed by atoms with E-state index in [1.165, 1.54) is 6.20 Å². The summed E-state index contributed by atoms with van der Waals surface area (Å²) < 4.78 is 0. The van der Waals surface area contributed by atoms with Crippen molar-refractivity contribution in [1.29, 1.82) is 0 Å². The van der Waals surface area contributed by atoms with E-state index in [1.54, 1.807) is 24.3 Å². The quantitative estimate of drug-likeness (QED) is 0.875. The van der Waals surface area contributed by atoms with Crippen LogP contribution in [0.15, 0.2) is 35.3 Å². The predicted octanol–water partition coefficient (Wildman–Crippen LogP) is 2.70. The molecule has 0 spiro atoms. The molecule has 0 unspecified atom stereocenters. The first-order valence-corrected chi connectivity index (χ1v) is 5.60. The van der Waals surface area contributed by atoms with Gasteiger partial charge in [-0.15, -0.1) is 0 Å². The number of aromatic amines is 1. The molecule has 1 aromatic carbocycles. The van der Waals surface area contributed by atoms with Crippen LogP contribution >= 0.6 is 11.6 Å². The molecule has 0 amide bonds. The molecule has 1 heterocycles. The van der Waals surface area contributed by atoms with Crippen molar-refractivity contribution in [3.63, 3.8) is 0 Å². The van der Waals surface area contributed by atoms with Crippen molar-refractivity contribution in [3.8, 4) is 11.1 Å². The number of nitrogens with one attached hydrogen (secondary N) is 1. The summed E-state index contributed by atoms with van der Waals surface area (Å²) in [5.41, 5.74) is 1.01. The highest BCUT2D eigenvalue weighted by molar-refractivity contribution is 6.30. The topological polar surface area (TPSA) is 70.2 Å². The fraction of sp³-hybridized carbons (Fsp3) is 0.0769. The van der Waals surface area contributed by atoms with E-state index in [9.17, 15) is 9.59 Å². The minimum Gasteiger partial charge on any atom is -0.477 e. The van der Waals surface area contributed by atoms with E-state index in [4.69, 9.17) is 16.7 Å². The van der Waals surface area contributed by atoms with Crippen LogP contribution in [0.2, 0.25) is 5.02 Å². The Hall–Kier alpha value is -2.07. The molecule has 92 valence electrons. The van der Waals surface area contributed by atoms with E-state index >= 15 is 0 Å². The van der Waals surface area contributed by atoms with Crippen molar-refractivity contribution >= 4 is 17.6 Å². The Kier molecular flexibility index (Phi) is 3.21. The van der Waals surface area contributed by atoms with Crippen LogP contribution in [0, 0.1) is 6.92 Å². The van der Waals surface area contributed by atoms with E-state index in [2.05, 4.69) is 4.98 Å². The van der Waals surface area contributed by atoms with E-state index < -0.39 is 11.5 Å². The zero-order valence-corrected chi connectivity index (χ0v) is 10.3. The maximum Gasteiger partial charge on any atom is 0.341 e. The Balaban J connectivity index is 2.75. The van der Waals surface area contributed by atoms with Crippen LogP contribution in [0.1, 0.15) is 15.9 Å². The number of pyridine rings is 1. The van der Waals surface area contributed by atoms with Crippen molar-refractivity contribution in [2.24, 2.45) is 0 Å². The van der Waals surface area contributed by atoms with Gasteiger partial charge in [0.2, 0.25) is 0 Å². The predicted molar refractivity (Wildman–Crippen MR) is 69.2 cm³/mol. The SMILES string of the molecule is Cc1cc(Cl)ccc1-c1cc[nH]c(=O)c1C(=O)O. The smallest absolute Gasteiger partial charge is 0.341 e. The number of carboxylic acids is 1. The molecule has 0 aliphatic carbocycles. The molecular weight excluding hydrogens is 254 g/mol. The Morgan fingerprint density at radius 2 is 2.00 bits per heavy atom. The minimum atomic E-state index is -1.25. The summed E-state index contributed by atoms with van der Waals surface area (Å²) >= 11 is 5.85. The van der Waals surface area contributed by atoms with E-state index in [-0.39, 0.29) is 5.56 Å². The number of aromatic nitrogens is 1. The van der Waals surface area contributed by atoms with Gasteiger partial charge in [-0.2, -0.15) is 0 Å². The number of carboxylic acid groups (broad SMARTS) is 1. The number of rotatable bonds is 2. The lowest BCUT2D eigenvalue weighted by molar-refractivity contribution is 0.0696. The summed E-state index contributed by atoms with van der Waals surface area (Å²) in [5.74, 6) is -1.25. The molecule has 0 aliphatic rings. The Morgan fingerprint density at radius 3 is 2.61 bits per heavy atom. The van der Waals surface area contributed by atoms with Gasteiger partial charge in [0.15, 0.2) is 0 Å². The standard InChI is InChI=1S/C13H10ClNO3/c1-7-6-8(14)2-3-9(7)10-4-5-15-12(16)11(10)13(17)18/h2-6H,1H3,(H,15,16)(H,17,18). The fourth-order valence-electron chi connectivity index (χ4n) is 1.84. The van der Waals surface area contributed by atoms with Gasteiger partial charge in [-0.3, -0.25) is 4.79 Å². The normalized spacial score (nSPS) is 10.3. The second kappa shape index (κ2) is 4.66. The Labute approximate surface area is 108 Å². The average molecular weight is 264 g/mol. The van der Waals surface area contributed by atoms with Crippen molar-refractivity contribution in [2.45, 2.75) is 6.92 Å². The zero-order valence-electron chi connectivity index (χ0n) is 9.53. The monoisotopic (exact) mass is 263 g/mol. The molecule has 18 heavy (non-hydrogen) atoms. The lowest BCUT2D eigenvalue weighted by atomic mass is 9.97. The number of hydrogen-bond acceptors (Lipinski definition) is 2. The molecule has 0 bridgehead atoms. The van der Waals surface area contributed by atoms with Crippen molar-refractivity contribution < 1.29 is 9.90 Å². The first-order valence-electron chi connectivity index (χ1n) is 5.22. The number of hydrogen-bond donors (Lipinski definition) is 2. The molecule has 0 aliphatic heterocycles. The average Bonchev–Trinajstić information content (AvgIpc) is 2.28. The third kappa shape index (κ3) is 2.15. The number of benzene rings is 1.